The number of aromatic nitrogens is 4. The minimum Gasteiger partial charge on any atom is -0.472 e. The summed E-state index contributed by atoms with van der Waals surface area (Å²) in [7, 11) is 1.80. The molecule has 2 heterocycles. The van der Waals surface area contributed by atoms with Crippen LogP contribution >= 0.6 is 0 Å². The summed E-state index contributed by atoms with van der Waals surface area (Å²) in [6.07, 6.45) is 3.02. The first-order valence-electron chi connectivity index (χ1n) is 33.4. The van der Waals surface area contributed by atoms with Crippen molar-refractivity contribution in [2.75, 3.05) is 284 Å². The number of amides is 1. The molecule has 0 atom stereocenters. The van der Waals surface area contributed by atoms with Crippen molar-refractivity contribution in [1.82, 2.24) is 24.6 Å². The number of benzene rings is 1. The number of aryl methyl sites for hydroxylation is 1. The first-order valence-corrected chi connectivity index (χ1v) is 33.4. The lowest BCUT2D eigenvalue weighted by Gasteiger charge is -2.18. The lowest BCUT2D eigenvalue weighted by atomic mass is 10.1. The van der Waals surface area contributed by atoms with Crippen LogP contribution in [0.2, 0.25) is 0 Å². The normalized spacial score (nSPS) is 11.6. The third kappa shape index (κ3) is 47.9. The van der Waals surface area contributed by atoms with Crippen LogP contribution in [0.5, 0.6) is 5.88 Å². The molecule has 1 aromatic carbocycles. The van der Waals surface area contributed by atoms with Gasteiger partial charge in [-0.3, -0.25) is 4.79 Å². The highest BCUT2D eigenvalue weighted by atomic mass is 16.6. The van der Waals surface area contributed by atoms with E-state index in [1.165, 1.54) is 0 Å². The highest BCUT2D eigenvalue weighted by molar-refractivity contribution is 5.88. The number of fused-ring (bicyclic) bond motifs is 1. The van der Waals surface area contributed by atoms with Crippen molar-refractivity contribution < 1.29 is 104 Å². The van der Waals surface area contributed by atoms with Gasteiger partial charge in [0, 0.05) is 38.0 Å². The number of hydrogen-bond donors (Lipinski definition) is 1. The van der Waals surface area contributed by atoms with Crippen LogP contribution in [0.1, 0.15) is 57.0 Å². The third-order valence-electron chi connectivity index (χ3n) is 13.0. The summed E-state index contributed by atoms with van der Waals surface area (Å²) in [5.41, 5.74) is 17.9. The Labute approximate surface area is 561 Å². The fourth-order valence-corrected chi connectivity index (χ4v) is 8.16. The molecule has 546 valence electrons. The Morgan fingerprint density at radius 2 is 0.789 bits per heavy atom. The molecule has 0 aliphatic carbocycles. The average Bonchev–Trinajstić information content (AvgIpc) is 1.63. The summed E-state index contributed by atoms with van der Waals surface area (Å²) < 4.78 is 118. The highest BCUT2D eigenvalue weighted by Gasteiger charge is 2.21. The summed E-state index contributed by atoms with van der Waals surface area (Å²) in [5.74, 6) is 1.62. The van der Waals surface area contributed by atoms with Gasteiger partial charge in [-0.2, -0.15) is 0 Å². The van der Waals surface area contributed by atoms with Crippen LogP contribution < -0.4 is 10.5 Å². The molecule has 0 bridgehead atoms. The monoisotopic (exact) mass is 1360 g/mol. The van der Waals surface area contributed by atoms with E-state index < -0.39 is 0 Å². The summed E-state index contributed by atoms with van der Waals surface area (Å²) in [4.78, 5) is 22.1. The standard InChI is InChI=1S/C64H113N9O22/c1-5-6-7-59-68-61-62(64(95-56(2)3)70-69-63(61)65)73(59)55-58-10-8-57(9-11-58)54-72(4)60(74)12-14-75-16-18-77-20-22-79-24-26-81-28-30-83-32-34-85-36-38-87-40-42-89-44-46-91-48-50-93-52-53-94-51-49-92-47-45-90-43-41-88-39-37-86-35-33-84-31-29-82-27-25-80-23-21-78-19-17-76-15-13-67-71-66/h8-11,56H,5-7,12-55H2,1-4H3,(H2,65,69). The van der Waals surface area contributed by atoms with Gasteiger partial charge in [0.05, 0.1) is 277 Å². The summed E-state index contributed by atoms with van der Waals surface area (Å²) in [6, 6.07) is 8.24. The fraction of sp³-hybridized carbons (Fsp3) is 0.812. The minimum absolute atomic E-state index is 0.000897. The maximum atomic E-state index is 12.9. The molecule has 0 radical (unpaired) electrons. The van der Waals surface area contributed by atoms with Crippen molar-refractivity contribution >= 4 is 22.8 Å². The second-order valence-corrected chi connectivity index (χ2v) is 21.0. The van der Waals surface area contributed by atoms with Crippen LogP contribution in [0.25, 0.3) is 21.5 Å². The van der Waals surface area contributed by atoms with Gasteiger partial charge in [-0.25, -0.2) is 4.98 Å². The average molecular weight is 1360 g/mol. The molecular formula is C64H113N9O22. The lowest BCUT2D eigenvalue weighted by molar-refractivity contribution is -0.131. The molecule has 3 aromatic rings. The topological polar surface area (TPSA) is 333 Å². The maximum absolute atomic E-state index is 12.9. The first kappa shape index (κ1) is 84.6. The van der Waals surface area contributed by atoms with Crippen molar-refractivity contribution in [3.8, 4) is 5.88 Å². The Balaban J connectivity index is 0.928. The van der Waals surface area contributed by atoms with Gasteiger partial charge in [0.25, 0.3) is 5.88 Å². The van der Waals surface area contributed by atoms with Crippen molar-refractivity contribution in [3.63, 3.8) is 0 Å². The Bertz CT molecular complexity index is 2280. The van der Waals surface area contributed by atoms with Crippen LogP contribution in [0, 0.1) is 0 Å². The van der Waals surface area contributed by atoms with E-state index in [0.717, 1.165) is 41.7 Å². The van der Waals surface area contributed by atoms with Crippen LogP contribution in [0.3, 0.4) is 0 Å². The number of azide groups is 1. The summed E-state index contributed by atoms with van der Waals surface area (Å²) in [6.45, 7) is 25.9. The number of nitrogens with two attached hydrogens (primary N) is 1. The molecule has 3 rings (SSSR count). The largest absolute Gasteiger partial charge is 0.472 e. The molecule has 0 aliphatic rings. The molecule has 2 aromatic heterocycles. The van der Waals surface area contributed by atoms with Gasteiger partial charge in [0.2, 0.25) is 5.91 Å². The van der Waals surface area contributed by atoms with E-state index in [0.29, 0.717) is 295 Å². The van der Waals surface area contributed by atoms with E-state index in [1.807, 2.05) is 26.0 Å². The van der Waals surface area contributed by atoms with Gasteiger partial charge in [0.1, 0.15) is 16.9 Å². The van der Waals surface area contributed by atoms with E-state index >= 15 is 0 Å². The van der Waals surface area contributed by atoms with E-state index in [9.17, 15) is 4.79 Å². The number of carbonyl (C=O) groups is 1. The molecule has 95 heavy (non-hydrogen) atoms. The fourth-order valence-electron chi connectivity index (χ4n) is 8.16. The molecule has 31 nitrogen and oxygen atoms in total. The van der Waals surface area contributed by atoms with Gasteiger partial charge in [-0.05, 0) is 36.9 Å². The number of carbonyl (C=O) groups excluding carboxylic acids is 1. The Hall–Kier alpha value is -4.65. The van der Waals surface area contributed by atoms with Gasteiger partial charge in [0.15, 0.2) is 5.82 Å². The predicted molar refractivity (Wildman–Crippen MR) is 351 cm³/mol. The van der Waals surface area contributed by atoms with Crippen LogP contribution in [-0.2, 0) is 119 Å². The Kier molecular flexibility index (Phi) is 55.9. The first-order chi connectivity index (χ1) is 46.8. The van der Waals surface area contributed by atoms with Gasteiger partial charge in [-0.1, -0.05) is 42.7 Å². The van der Waals surface area contributed by atoms with E-state index in [1.54, 1.807) is 11.9 Å². The van der Waals surface area contributed by atoms with Crippen molar-refractivity contribution in [2.24, 2.45) is 5.11 Å². The zero-order chi connectivity index (χ0) is 67.8. The zero-order valence-corrected chi connectivity index (χ0v) is 57.3. The van der Waals surface area contributed by atoms with Crippen molar-refractivity contribution in [2.45, 2.75) is 65.6 Å². The predicted octanol–water partition coefficient (Wildman–Crippen LogP) is 4.58. The number of ether oxygens (including phenoxy) is 21. The number of anilines is 1. The summed E-state index contributed by atoms with van der Waals surface area (Å²) >= 11 is 0. The molecule has 1 amide bonds. The molecule has 0 saturated carbocycles. The minimum atomic E-state index is -0.0856. The maximum Gasteiger partial charge on any atom is 0.260 e. The molecule has 0 unspecified atom stereocenters. The second-order valence-electron chi connectivity index (χ2n) is 21.0. The highest BCUT2D eigenvalue weighted by Crippen LogP contribution is 2.30. The van der Waals surface area contributed by atoms with Crippen molar-refractivity contribution in [1.29, 1.82) is 0 Å². The molecule has 0 spiro atoms. The number of rotatable bonds is 72. The quantitative estimate of drug-likeness (QED) is 0.0350. The number of nitrogens with zero attached hydrogens (tertiary/aromatic N) is 8. The van der Waals surface area contributed by atoms with Gasteiger partial charge >= 0.3 is 0 Å². The van der Waals surface area contributed by atoms with Crippen LogP contribution in [0.4, 0.5) is 5.82 Å². The number of hydrogen-bond acceptors (Lipinski definition) is 27. The summed E-state index contributed by atoms with van der Waals surface area (Å²) in [5, 5.41) is 11.7. The SMILES string of the molecule is CCCCc1nc2c(N)nnc(OC(C)C)c2n1Cc1ccc(CN(C)C(=O)CCOCCOCCOCCOCCOCCOCCOCCOCCOCCOCCOCCOCCOCCOCCOCCOCCOCCOCCOCCOCCN=[N+]=[N-])cc1. The van der Waals surface area contributed by atoms with E-state index in [4.69, 9.17) is 116 Å². The Morgan fingerprint density at radius 1 is 0.484 bits per heavy atom. The van der Waals surface area contributed by atoms with Crippen LogP contribution in [0.15, 0.2) is 29.4 Å². The molecule has 2 N–H and O–H groups in total. The number of unbranched alkanes of at least 4 members (excludes halogenated alkanes) is 1. The molecule has 31 heteroatoms. The second kappa shape index (κ2) is 62.8. The molecular weight excluding hydrogens is 1250 g/mol. The smallest absolute Gasteiger partial charge is 0.260 e. The van der Waals surface area contributed by atoms with E-state index in [-0.39, 0.29) is 24.2 Å². The lowest BCUT2D eigenvalue weighted by Crippen LogP contribution is -2.27. The molecule has 0 fully saturated rings. The third-order valence-corrected chi connectivity index (χ3v) is 13.0. The van der Waals surface area contributed by atoms with E-state index in [2.05, 4.69) is 43.8 Å². The van der Waals surface area contributed by atoms with Crippen molar-refractivity contribution in [3.05, 3.63) is 51.7 Å². The molecule has 0 saturated heterocycles. The van der Waals surface area contributed by atoms with Gasteiger partial charge in [-0.15, -0.1) is 10.2 Å². The molecule has 0 aliphatic heterocycles. The van der Waals surface area contributed by atoms with Gasteiger partial charge < -0.3 is 115 Å². The van der Waals surface area contributed by atoms with Crippen LogP contribution in [-0.4, -0.2) is 315 Å². The Morgan fingerprint density at radius 3 is 1.09 bits per heavy atom. The number of imidazole rings is 1. The zero-order valence-electron chi connectivity index (χ0n) is 57.3. The number of nitrogen functional groups attached to an aromatic ring is 1.